The number of benzene rings is 2. The molecule has 1 aliphatic rings. The molecule has 22 heavy (non-hydrogen) atoms. The van der Waals surface area contributed by atoms with Crippen molar-refractivity contribution in [2.24, 2.45) is 0 Å². The summed E-state index contributed by atoms with van der Waals surface area (Å²) in [6, 6.07) is 17.5. The average Bonchev–Trinajstić information content (AvgIpc) is 3.07. The van der Waals surface area contributed by atoms with Gasteiger partial charge in [-0.25, -0.2) is 0 Å². The summed E-state index contributed by atoms with van der Waals surface area (Å²) in [6.45, 7) is 2.60. The Hall–Kier alpha value is -2.62. The number of nitrogens with one attached hydrogen (secondary N) is 1. The summed E-state index contributed by atoms with van der Waals surface area (Å²) in [5.41, 5.74) is 0. The zero-order valence-electron chi connectivity index (χ0n) is 12.4. The van der Waals surface area contributed by atoms with Crippen LogP contribution in [0.3, 0.4) is 0 Å². The van der Waals surface area contributed by atoms with Gasteiger partial charge >= 0.3 is 0 Å². The van der Waals surface area contributed by atoms with Gasteiger partial charge in [-0.3, -0.25) is 0 Å². The molecule has 0 fully saturated rings. The minimum atomic E-state index is 0.712. The molecule has 0 atom stereocenters. The van der Waals surface area contributed by atoms with E-state index in [-0.39, 0.29) is 0 Å². The van der Waals surface area contributed by atoms with E-state index in [4.69, 9.17) is 9.47 Å². The molecule has 0 bridgehead atoms. The fourth-order valence-corrected chi connectivity index (χ4v) is 2.22. The van der Waals surface area contributed by atoms with Crippen LogP contribution in [0.2, 0.25) is 0 Å². The zero-order valence-corrected chi connectivity index (χ0v) is 12.4. The lowest BCUT2D eigenvalue weighted by atomic mass is 10.3. The first-order chi connectivity index (χ1) is 10.9. The second-order valence-corrected chi connectivity index (χ2v) is 5.08. The molecule has 0 spiro atoms. The Balaban J connectivity index is 1.42. The normalized spacial score (nSPS) is 13.0. The summed E-state index contributed by atoms with van der Waals surface area (Å²) >= 11 is 0. The van der Waals surface area contributed by atoms with E-state index in [1.807, 2.05) is 60.8 Å². The average molecular weight is 296 g/mol. The number of ether oxygens (including phenoxy) is 2. The van der Waals surface area contributed by atoms with E-state index in [9.17, 15) is 0 Å². The Labute approximate surface area is 131 Å². The van der Waals surface area contributed by atoms with Crippen molar-refractivity contribution >= 4 is 0 Å². The Morgan fingerprint density at radius 1 is 0.909 bits per heavy atom. The molecular weight excluding hydrogens is 276 g/mol. The SMILES string of the molecule is C1=CN(CCCOc2ccc(Oc3ccccc3)cc2)CN1. The summed E-state index contributed by atoms with van der Waals surface area (Å²) in [4.78, 5) is 2.22. The van der Waals surface area contributed by atoms with Crippen LogP contribution >= 0.6 is 0 Å². The smallest absolute Gasteiger partial charge is 0.127 e. The quantitative estimate of drug-likeness (QED) is 0.792. The molecule has 0 amide bonds. The van der Waals surface area contributed by atoms with Gasteiger partial charge < -0.3 is 19.7 Å². The fraction of sp³-hybridized carbons (Fsp3) is 0.222. The van der Waals surface area contributed by atoms with E-state index in [1.54, 1.807) is 0 Å². The lowest BCUT2D eigenvalue weighted by molar-refractivity contribution is 0.279. The lowest BCUT2D eigenvalue weighted by Crippen LogP contribution is -2.22. The summed E-state index contributed by atoms with van der Waals surface area (Å²) in [6.07, 6.45) is 5.02. The first-order valence-electron chi connectivity index (χ1n) is 7.50. The van der Waals surface area contributed by atoms with Crippen LogP contribution in [0, 0.1) is 0 Å². The Kier molecular flexibility index (Phi) is 4.82. The largest absolute Gasteiger partial charge is 0.494 e. The summed E-state index contributed by atoms with van der Waals surface area (Å²) in [5.74, 6) is 2.52. The third-order valence-corrected chi connectivity index (χ3v) is 3.36. The predicted octanol–water partition coefficient (Wildman–Crippen LogP) is 3.58. The standard InChI is InChI=1S/C18H20N2O2/c1-2-5-17(6-3-1)22-18-9-7-16(8-10-18)21-14-4-12-20-13-11-19-15-20/h1-3,5-11,13,19H,4,12,14-15H2. The molecule has 4 nitrogen and oxygen atoms in total. The van der Waals surface area contributed by atoms with Gasteiger partial charge in [-0.05, 0) is 42.8 Å². The number of nitrogens with zero attached hydrogens (tertiary/aromatic N) is 1. The Morgan fingerprint density at radius 3 is 2.36 bits per heavy atom. The van der Waals surface area contributed by atoms with Crippen molar-refractivity contribution in [3.05, 3.63) is 67.0 Å². The molecule has 0 radical (unpaired) electrons. The van der Waals surface area contributed by atoms with Crippen molar-refractivity contribution in [2.45, 2.75) is 6.42 Å². The van der Waals surface area contributed by atoms with E-state index in [0.29, 0.717) is 6.61 Å². The highest BCUT2D eigenvalue weighted by Gasteiger charge is 2.03. The maximum Gasteiger partial charge on any atom is 0.127 e. The van der Waals surface area contributed by atoms with Gasteiger partial charge in [-0.1, -0.05) is 18.2 Å². The molecular formula is C18H20N2O2. The van der Waals surface area contributed by atoms with Gasteiger partial charge in [-0.2, -0.15) is 0 Å². The molecule has 0 unspecified atom stereocenters. The predicted molar refractivity (Wildman–Crippen MR) is 86.9 cm³/mol. The van der Waals surface area contributed by atoms with E-state index in [0.717, 1.165) is 36.9 Å². The van der Waals surface area contributed by atoms with Crippen LogP contribution in [-0.4, -0.2) is 24.7 Å². The second-order valence-electron chi connectivity index (χ2n) is 5.08. The maximum absolute atomic E-state index is 5.75. The third kappa shape index (κ3) is 4.19. The molecule has 2 aromatic rings. The van der Waals surface area contributed by atoms with Crippen LogP contribution < -0.4 is 14.8 Å². The Morgan fingerprint density at radius 2 is 1.64 bits per heavy atom. The minimum Gasteiger partial charge on any atom is -0.494 e. The second kappa shape index (κ2) is 7.41. The molecule has 2 aromatic carbocycles. The molecule has 1 heterocycles. The van der Waals surface area contributed by atoms with Gasteiger partial charge in [0.05, 0.1) is 13.3 Å². The van der Waals surface area contributed by atoms with E-state index < -0.39 is 0 Å². The zero-order chi connectivity index (χ0) is 15.0. The monoisotopic (exact) mass is 296 g/mol. The molecule has 1 N–H and O–H groups in total. The Bertz CT molecular complexity index is 596. The van der Waals surface area contributed by atoms with Gasteiger partial charge in [0.1, 0.15) is 17.2 Å². The van der Waals surface area contributed by atoms with Crippen molar-refractivity contribution < 1.29 is 9.47 Å². The van der Waals surface area contributed by atoms with Crippen LogP contribution in [0.15, 0.2) is 67.0 Å². The number of rotatable bonds is 7. The molecule has 4 heteroatoms. The van der Waals surface area contributed by atoms with Crippen LogP contribution in [-0.2, 0) is 0 Å². The van der Waals surface area contributed by atoms with Gasteiger partial charge in [0, 0.05) is 18.9 Å². The molecule has 3 rings (SSSR count). The summed E-state index contributed by atoms with van der Waals surface area (Å²) in [5, 5.41) is 3.15. The van der Waals surface area contributed by atoms with Crippen molar-refractivity contribution in [3.63, 3.8) is 0 Å². The van der Waals surface area contributed by atoms with Gasteiger partial charge in [0.15, 0.2) is 0 Å². The minimum absolute atomic E-state index is 0.712. The van der Waals surface area contributed by atoms with Crippen LogP contribution in [0.4, 0.5) is 0 Å². The first-order valence-corrected chi connectivity index (χ1v) is 7.50. The highest BCUT2D eigenvalue weighted by Crippen LogP contribution is 2.23. The fourth-order valence-electron chi connectivity index (χ4n) is 2.22. The van der Waals surface area contributed by atoms with Crippen molar-refractivity contribution in [1.29, 1.82) is 0 Å². The van der Waals surface area contributed by atoms with Crippen LogP contribution in [0.25, 0.3) is 0 Å². The van der Waals surface area contributed by atoms with Gasteiger partial charge in [0.25, 0.3) is 0 Å². The van der Waals surface area contributed by atoms with Gasteiger partial charge in [0.2, 0.25) is 0 Å². The van der Waals surface area contributed by atoms with Gasteiger partial charge in [-0.15, -0.1) is 0 Å². The number of hydrogen-bond acceptors (Lipinski definition) is 4. The number of para-hydroxylation sites is 1. The molecule has 0 saturated heterocycles. The maximum atomic E-state index is 5.75. The van der Waals surface area contributed by atoms with Crippen molar-refractivity contribution in [1.82, 2.24) is 10.2 Å². The summed E-state index contributed by atoms with van der Waals surface area (Å²) in [7, 11) is 0. The van der Waals surface area contributed by atoms with E-state index in [1.165, 1.54) is 0 Å². The topological polar surface area (TPSA) is 33.7 Å². The van der Waals surface area contributed by atoms with Crippen molar-refractivity contribution in [3.8, 4) is 17.2 Å². The highest BCUT2D eigenvalue weighted by atomic mass is 16.5. The molecule has 1 aliphatic heterocycles. The lowest BCUT2D eigenvalue weighted by Gasteiger charge is -2.14. The molecule has 114 valence electrons. The highest BCUT2D eigenvalue weighted by molar-refractivity contribution is 5.35. The van der Waals surface area contributed by atoms with Crippen LogP contribution in [0.5, 0.6) is 17.2 Å². The molecule has 0 aromatic heterocycles. The number of hydrogen-bond donors (Lipinski definition) is 1. The van der Waals surface area contributed by atoms with E-state index in [2.05, 4.69) is 16.4 Å². The van der Waals surface area contributed by atoms with E-state index >= 15 is 0 Å². The van der Waals surface area contributed by atoms with Crippen molar-refractivity contribution in [2.75, 3.05) is 19.8 Å². The third-order valence-electron chi connectivity index (χ3n) is 3.36. The molecule has 0 aliphatic carbocycles. The molecule has 0 saturated carbocycles. The summed E-state index contributed by atoms with van der Waals surface area (Å²) < 4.78 is 11.5. The van der Waals surface area contributed by atoms with Crippen LogP contribution in [0.1, 0.15) is 6.42 Å². The first kappa shape index (κ1) is 14.3.